The third-order valence-electron chi connectivity index (χ3n) is 2.42. The number of carbonyl (C=O) groups is 1. The summed E-state index contributed by atoms with van der Waals surface area (Å²) in [7, 11) is 0. The topological polar surface area (TPSA) is 40.5 Å². The molecular formula is C11H13NO2. The molecule has 0 aromatic heterocycles. The van der Waals surface area contributed by atoms with Crippen LogP contribution in [-0.4, -0.2) is 23.7 Å². The van der Waals surface area contributed by atoms with E-state index in [2.05, 4.69) is 0 Å². The van der Waals surface area contributed by atoms with Gasteiger partial charge in [0, 0.05) is 5.69 Å². The van der Waals surface area contributed by atoms with Gasteiger partial charge in [-0.1, -0.05) is 12.1 Å². The van der Waals surface area contributed by atoms with Gasteiger partial charge in [0.25, 0.3) is 0 Å². The van der Waals surface area contributed by atoms with Crippen LogP contribution in [0, 0.1) is 6.92 Å². The third-order valence-corrected chi connectivity index (χ3v) is 2.42. The number of carbonyl (C=O) groups excluding carboxylic acids is 1. The lowest BCUT2D eigenvalue weighted by Gasteiger charge is -2.15. The van der Waals surface area contributed by atoms with Gasteiger partial charge in [-0.3, -0.25) is 4.79 Å². The van der Waals surface area contributed by atoms with Gasteiger partial charge in [0.1, 0.15) is 0 Å². The highest BCUT2D eigenvalue weighted by Gasteiger charge is 2.28. The Morgan fingerprint density at radius 3 is 2.86 bits per heavy atom. The highest BCUT2D eigenvalue weighted by Crippen LogP contribution is 2.22. The van der Waals surface area contributed by atoms with Gasteiger partial charge in [0.05, 0.1) is 19.1 Å². The van der Waals surface area contributed by atoms with Gasteiger partial charge in [0.2, 0.25) is 5.91 Å². The highest BCUT2D eigenvalue weighted by molar-refractivity contribution is 5.96. The molecule has 0 aliphatic carbocycles. The Labute approximate surface area is 83.0 Å². The van der Waals surface area contributed by atoms with E-state index >= 15 is 0 Å². The van der Waals surface area contributed by atoms with Gasteiger partial charge in [-0.25, -0.2) is 0 Å². The van der Waals surface area contributed by atoms with Crippen molar-refractivity contribution in [3.05, 3.63) is 29.8 Å². The van der Waals surface area contributed by atoms with Crippen LogP contribution in [0.15, 0.2) is 24.3 Å². The maximum Gasteiger partial charge on any atom is 0.229 e. The number of nitrogens with zero attached hydrogens (tertiary/aromatic N) is 1. The molecule has 1 atom stereocenters. The molecule has 1 aromatic rings. The molecule has 1 unspecified atom stereocenters. The van der Waals surface area contributed by atoms with Crippen molar-refractivity contribution in [1.82, 2.24) is 0 Å². The zero-order valence-corrected chi connectivity index (χ0v) is 8.10. The summed E-state index contributed by atoms with van der Waals surface area (Å²) in [5.41, 5.74) is 2.00. The predicted octanol–water partition coefficient (Wildman–Crippen LogP) is 1.09. The Bertz CT molecular complexity index is 362. The Balaban J connectivity index is 2.27. The second-order valence-corrected chi connectivity index (χ2v) is 3.70. The van der Waals surface area contributed by atoms with E-state index in [-0.39, 0.29) is 12.3 Å². The van der Waals surface area contributed by atoms with Gasteiger partial charge >= 0.3 is 0 Å². The van der Waals surface area contributed by atoms with Crippen LogP contribution in [0.5, 0.6) is 0 Å². The standard InChI is InChI=1S/C11H13NO2/c1-8-3-2-4-9(5-8)12-7-10(13)6-11(12)14/h2-5,10,13H,6-7H2,1H3. The van der Waals surface area contributed by atoms with Gasteiger partial charge in [-0.2, -0.15) is 0 Å². The first-order chi connectivity index (χ1) is 6.66. The number of anilines is 1. The number of hydrogen-bond acceptors (Lipinski definition) is 2. The molecule has 1 heterocycles. The number of aryl methyl sites for hydroxylation is 1. The van der Waals surface area contributed by atoms with Crippen LogP contribution in [0.25, 0.3) is 0 Å². The van der Waals surface area contributed by atoms with Gasteiger partial charge in [-0.05, 0) is 24.6 Å². The summed E-state index contributed by atoms with van der Waals surface area (Å²) < 4.78 is 0. The van der Waals surface area contributed by atoms with E-state index in [1.54, 1.807) is 4.90 Å². The minimum atomic E-state index is -0.511. The Hall–Kier alpha value is -1.35. The van der Waals surface area contributed by atoms with Gasteiger partial charge in [-0.15, -0.1) is 0 Å². The molecule has 0 spiro atoms. The summed E-state index contributed by atoms with van der Waals surface area (Å²) in [5, 5.41) is 9.34. The molecule has 3 heteroatoms. The number of amides is 1. The Morgan fingerprint density at radius 2 is 2.29 bits per heavy atom. The number of aliphatic hydroxyl groups excluding tert-OH is 1. The summed E-state index contributed by atoms with van der Waals surface area (Å²) >= 11 is 0. The lowest BCUT2D eigenvalue weighted by Crippen LogP contribution is -2.25. The Kier molecular flexibility index (Phi) is 2.25. The summed E-state index contributed by atoms with van der Waals surface area (Å²) in [4.78, 5) is 13.1. The molecular weight excluding hydrogens is 178 g/mol. The molecule has 3 nitrogen and oxygen atoms in total. The zero-order chi connectivity index (χ0) is 10.1. The highest BCUT2D eigenvalue weighted by atomic mass is 16.3. The number of rotatable bonds is 1. The van der Waals surface area contributed by atoms with Crippen molar-refractivity contribution in [2.45, 2.75) is 19.4 Å². The van der Waals surface area contributed by atoms with Crippen LogP contribution in [0.3, 0.4) is 0 Å². The quantitative estimate of drug-likeness (QED) is 0.722. The smallest absolute Gasteiger partial charge is 0.229 e. The fraction of sp³-hybridized carbons (Fsp3) is 0.364. The SMILES string of the molecule is Cc1cccc(N2CC(O)CC2=O)c1. The molecule has 74 valence electrons. The largest absolute Gasteiger partial charge is 0.391 e. The van der Waals surface area contributed by atoms with Gasteiger partial charge in [0.15, 0.2) is 0 Å². The number of β-amino-alcohol motifs (C(OH)–C–C–N with tert-alkyl or cyclic N) is 1. The molecule has 0 saturated carbocycles. The molecule has 1 aliphatic heterocycles. The Morgan fingerprint density at radius 1 is 1.50 bits per heavy atom. The summed E-state index contributed by atoms with van der Waals surface area (Å²) in [6.45, 7) is 2.41. The van der Waals surface area contributed by atoms with E-state index in [0.717, 1.165) is 11.3 Å². The molecule has 0 bridgehead atoms. The van der Waals surface area contributed by atoms with Crippen molar-refractivity contribution in [1.29, 1.82) is 0 Å². The predicted molar refractivity (Wildman–Crippen MR) is 54.2 cm³/mol. The summed E-state index contributed by atoms with van der Waals surface area (Å²) in [6, 6.07) is 7.75. The monoisotopic (exact) mass is 191 g/mol. The molecule has 1 aliphatic rings. The second-order valence-electron chi connectivity index (χ2n) is 3.70. The average molecular weight is 191 g/mol. The molecule has 2 rings (SSSR count). The second kappa shape index (κ2) is 3.42. The molecule has 1 amide bonds. The van der Waals surface area contributed by atoms with Crippen LogP contribution < -0.4 is 4.90 Å². The van der Waals surface area contributed by atoms with Crippen LogP contribution in [0.2, 0.25) is 0 Å². The molecule has 1 N–H and O–H groups in total. The van der Waals surface area contributed by atoms with Crippen LogP contribution in [-0.2, 0) is 4.79 Å². The molecule has 1 aromatic carbocycles. The van der Waals surface area contributed by atoms with Crippen molar-refractivity contribution in [3.63, 3.8) is 0 Å². The number of hydrogen-bond donors (Lipinski definition) is 1. The van der Waals surface area contributed by atoms with E-state index in [9.17, 15) is 9.90 Å². The molecule has 0 radical (unpaired) electrons. The van der Waals surface area contributed by atoms with Gasteiger partial charge < -0.3 is 10.0 Å². The number of aliphatic hydroxyl groups is 1. The summed E-state index contributed by atoms with van der Waals surface area (Å²) in [6.07, 6.45) is -0.267. The lowest BCUT2D eigenvalue weighted by molar-refractivity contribution is -0.117. The lowest BCUT2D eigenvalue weighted by atomic mass is 10.2. The maximum absolute atomic E-state index is 11.5. The molecule has 1 fully saturated rings. The van der Waals surface area contributed by atoms with Crippen molar-refractivity contribution >= 4 is 11.6 Å². The van der Waals surface area contributed by atoms with Crippen molar-refractivity contribution in [3.8, 4) is 0 Å². The fourth-order valence-corrected chi connectivity index (χ4v) is 1.73. The van der Waals surface area contributed by atoms with E-state index in [1.807, 2.05) is 31.2 Å². The minimum absolute atomic E-state index is 0.00287. The maximum atomic E-state index is 11.5. The normalized spacial score (nSPS) is 21.7. The summed E-state index contributed by atoms with van der Waals surface area (Å²) in [5.74, 6) is 0.00287. The van der Waals surface area contributed by atoms with E-state index in [4.69, 9.17) is 0 Å². The minimum Gasteiger partial charge on any atom is -0.391 e. The average Bonchev–Trinajstić information content (AvgIpc) is 2.45. The first-order valence-corrected chi connectivity index (χ1v) is 4.72. The third kappa shape index (κ3) is 1.63. The molecule has 1 saturated heterocycles. The zero-order valence-electron chi connectivity index (χ0n) is 8.10. The van der Waals surface area contributed by atoms with Crippen molar-refractivity contribution < 1.29 is 9.90 Å². The van der Waals surface area contributed by atoms with E-state index in [1.165, 1.54) is 0 Å². The van der Waals surface area contributed by atoms with Crippen molar-refractivity contribution in [2.75, 3.05) is 11.4 Å². The van der Waals surface area contributed by atoms with Crippen molar-refractivity contribution in [2.24, 2.45) is 0 Å². The van der Waals surface area contributed by atoms with E-state index in [0.29, 0.717) is 6.54 Å². The number of benzene rings is 1. The van der Waals surface area contributed by atoms with E-state index < -0.39 is 6.10 Å². The molecule has 14 heavy (non-hydrogen) atoms. The van der Waals surface area contributed by atoms with Crippen LogP contribution in [0.1, 0.15) is 12.0 Å². The first-order valence-electron chi connectivity index (χ1n) is 4.72. The van der Waals surface area contributed by atoms with Crippen LogP contribution >= 0.6 is 0 Å². The first kappa shape index (κ1) is 9.21. The van der Waals surface area contributed by atoms with Crippen LogP contribution in [0.4, 0.5) is 5.69 Å². The fourth-order valence-electron chi connectivity index (χ4n) is 1.73.